The van der Waals surface area contributed by atoms with Crippen molar-refractivity contribution >= 4 is 5.91 Å². The number of carbonyl (C=O) groups is 1. The molecule has 3 N–H and O–H groups in total. The summed E-state index contributed by atoms with van der Waals surface area (Å²) >= 11 is 0. The fourth-order valence-electron chi connectivity index (χ4n) is 3.15. The van der Waals surface area contributed by atoms with Gasteiger partial charge in [-0.15, -0.1) is 0 Å². The fourth-order valence-corrected chi connectivity index (χ4v) is 3.15. The van der Waals surface area contributed by atoms with Crippen LogP contribution in [0, 0.1) is 0 Å². The van der Waals surface area contributed by atoms with Crippen molar-refractivity contribution in [3.05, 3.63) is 0 Å². The second kappa shape index (κ2) is 7.96. The smallest absolute Gasteiger partial charge is 0.237 e. The van der Waals surface area contributed by atoms with Crippen LogP contribution in [0.3, 0.4) is 0 Å². The predicted octanol–water partition coefficient (Wildman–Crippen LogP) is 1.12. The lowest BCUT2D eigenvalue weighted by Crippen LogP contribution is -2.61. The lowest BCUT2D eigenvalue weighted by atomic mass is 9.77. The largest absolute Gasteiger partial charge is 0.383 e. The Morgan fingerprint density at radius 2 is 2.30 bits per heavy atom. The van der Waals surface area contributed by atoms with Crippen molar-refractivity contribution in [2.24, 2.45) is 5.73 Å². The zero-order valence-electron chi connectivity index (χ0n) is 13.4. The SMILES string of the molecule is CCCNC1(C(N)=O)CCCC(N(C)C(C)COC)C1. The van der Waals surface area contributed by atoms with E-state index in [0.717, 1.165) is 38.6 Å². The number of nitrogens with zero attached hydrogens (tertiary/aromatic N) is 1. The summed E-state index contributed by atoms with van der Waals surface area (Å²) in [5.74, 6) is -0.205. The van der Waals surface area contributed by atoms with Gasteiger partial charge in [0.25, 0.3) is 0 Å². The lowest BCUT2D eigenvalue weighted by molar-refractivity contribution is -0.127. The Kier molecular flexibility index (Phi) is 6.92. The zero-order chi connectivity index (χ0) is 15.2. The molecule has 118 valence electrons. The third-order valence-corrected chi connectivity index (χ3v) is 4.59. The monoisotopic (exact) mass is 285 g/mol. The minimum absolute atomic E-state index is 0.205. The number of hydrogen-bond acceptors (Lipinski definition) is 4. The van der Waals surface area contributed by atoms with E-state index in [1.54, 1.807) is 7.11 Å². The van der Waals surface area contributed by atoms with Crippen LogP contribution in [0.5, 0.6) is 0 Å². The number of carbonyl (C=O) groups excluding carboxylic acids is 1. The second-order valence-corrected chi connectivity index (χ2v) is 6.09. The van der Waals surface area contributed by atoms with E-state index < -0.39 is 5.54 Å². The standard InChI is InChI=1S/C15H31N3O2/c1-5-9-17-15(14(16)19)8-6-7-13(10-15)18(3)12(2)11-20-4/h12-13,17H,5-11H2,1-4H3,(H2,16,19). The highest BCUT2D eigenvalue weighted by Gasteiger charge is 2.42. The summed E-state index contributed by atoms with van der Waals surface area (Å²) in [6, 6.07) is 0.727. The van der Waals surface area contributed by atoms with Crippen LogP contribution in [0.15, 0.2) is 0 Å². The van der Waals surface area contributed by atoms with Gasteiger partial charge in [-0.1, -0.05) is 6.92 Å². The third kappa shape index (κ3) is 4.17. The van der Waals surface area contributed by atoms with Crippen molar-refractivity contribution in [1.29, 1.82) is 0 Å². The van der Waals surface area contributed by atoms with Crippen LogP contribution in [-0.4, -0.2) is 55.7 Å². The number of nitrogens with one attached hydrogen (secondary N) is 1. The van der Waals surface area contributed by atoms with Gasteiger partial charge in [-0.25, -0.2) is 0 Å². The molecule has 1 aliphatic rings. The average Bonchev–Trinajstić information content (AvgIpc) is 2.44. The van der Waals surface area contributed by atoms with Crippen LogP contribution in [0.25, 0.3) is 0 Å². The molecule has 1 amide bonds. The third-order valence-electron chi connectivity index (χ3n) is 4.59. The second-order valence-electron chi connectivity index (χ2n) is 6.09. The minimum atomic E-state index is -0.528. The van der Waals surface area contributed by atoms with Crippen LogP contribution in [0.4, 0.5) is 0 Å². The molecule has 0 radical (unpaired) electrons. The topological polar surface area (TPSA) is 67.6 Å². The maximum Gasteiger partial charge on any atom is 0.237 e. The van der Waals surface area contributed by atoms with Crippen LogP contribution >= 0.6 is 0 Å². The van der Waals surface area contributed by atoms with E-state index in [0.29, 0.717) is 18.7 Å². The Morgan fingerprint density at radius 1 is 1.60 bits per heavy atom. The van der Waals surface area contributed by atoms with Gasteiger partial charge in [0.1, 0.15) is 0 Å². The van der Waals surface area contributed by atoms with Gasteiger partial charge in [-0.2, -0.15) is 0 Å². The van der Waals surface area contributed by atoms with Crippen molar-refractivity contribution in [1.82, 2.24) is 10.2 Å². The summed E-state index contributed by atoms with van der Waals surface area (Å²) in [7, 11) is 3.84. The van der Waals surface area contributed by atoms with Crippen molar-refractivity contribution < 1.29 is 9.53 Å². The van der Waals surface area contributed by atoms with Gasteiger partial charge in [-0.05, 0) is 52.6 Å². The molecule has 0 spiro atoms. The van der Waals surface area contributed by atoms with E-state index in [4.69, 9.17) is 10.5 Å². The Hall–Kier alpha value is -0.650. The van der Waals surface area contributed by atoms with Crippen LogP contribution < -0.4 is 11.1 Å². The number of ether oxygens (including phenoxy) is 1. The summed E-state index contributed by atoms with van der Waals surface area (Å²) in [6.07, 6.45) is 4.82. The molecule has 3 unspecified atom stereocenters. The fraction of sp³-hybridized carbons (Fsp3) is 0.933. The molecule has 0 aromatic rings. The Balaban J connectivity index is 2.74. The van der Waals surface area contributed by atoms with E-state index in [9.17, 15) is 4.79 Å². The first kappa shape index (κ1) is 17.4. The van der Waals surface area contributed by atoms with Gasteiger partial charge >= 0.3 is 0 Å². The highest BCUT2D eigenvalue weighted by atomic mass is 16.5. The Bertz CT molecular complexity index is 311. The highest BCUT2D eigenvalue weighted by Crippen LogP contribution is 2.31. The summed E-state index contributed by atoms with van der Waals surface area (Å²) in [5.41, 5.74) is 5.17. The lowest BCUT2D eigenvalue weighted by Gasteiger charge is -2.44. The number of likely N-dealkylation sites (N-methyl/N-ethyl adjacent to an activating group) is 1. The van der Waals surface area contributed by atoms with Crippen molar-refractivity contribution in [2.45, 2.75) is 63.6 Å². The van der Waals surface area contributed by atoms with E-state index >= 15 is 0 Å². The van der Waals surface area contributed by atoms with Crippen LogP contribution in [-0.2, 0) is 9.53 Å². The minimum Gasteiger partial charge on any atom is -0.383 e. The normalized spacial score (nSPS) is 28.6. The molecule has 1 saturated carbocycles. The van der Waals surface area contributed by atoms with Crippen LogP contribution in [0.2, 0.25) is 0 Å². The molecule has 20 heavy (non-hydrogen) atoms. The van der Waals surface area contributed by atoms with Crippen LogP contribution in [0.1, 0.15) is 46.0 Å². The summed E-state index contributed by atoms with van der Waals surface area (Å²) in [5, 5.41) is 3.41. The van der Waals surface area contributed by atoms with Gasteiger partial charge < -0.3 is 15.8 Å². The van der Waals surface area contributed by atoms with Crippen molar-refractivity contribution in [3.8, 4) is 0 Å². The molecule has 1 rings (SSSR count). The molecule has 0 saturated heterocycles. The maximum atomic E-state index is 12.0. The number of rotatable bonds is 8. The number of methoxy groups -OCH3 is 1. The highest BCUT2D eigenvalue weighted by molar-refractivity contribution is 5.84. The number of primary amides is 1. The first-order valence-corrected chi connectivity index (χ1v) is 7.72. The molecule has 0 aromatic heterocycles. The maximum absolute atomic E-state index is 12.0. The van der Waals surface area contributed by atoms with E-state index in [1.165, 1.54) is 0 Å². The van der Waals surface area contributed by atoms with E-state index in [-0.39, 0.29) is 5.91 Å². The molecular weight excluding hydrogens is 254 g/mol. The molecule has 0 aromatic carbocycles. The molecule has 0 bridgehead atoms. The molecule has 0 heterocycles. The molecular formula is C15H31N3O2. The Labute approximate surface area is 123 Å². The molecule has 5 nitrogen and oxygen atoms in total. The molecule has 1 aliphatic carbocycles. The first-order valence-electron chi connectivity index (χ1n) is 7.72. The van der Waals surface area contributed by atoms with Gasteiger partial charge in [0.2, 0.25) is 5.91 Å². The first-order chi connectivity index (χ1) is 9.46. The Morgan fingerprint density at radius 3 is 2.85 bits per heavy atom. The quantitative estimate of drug-likeness (QED) is 0.701. The number of amides is 1. The zero-order valence-corrected chi connectivity index (χ0v) is 13.4. The number of hydrogen-bond donors (Lipinski definition) is 2. The summed E-state index contributed by atoms with van der Waals surface area (Å²) < 4.78 is 5.23. The summed E-state index contributed by atoms with van der Waals surface area (Å²) in [6.45, 7) is 5.81. The van der Waals surface area contributed by atoms with Gasteiger partial charge in [0.15, 0.2) is 0 Å². The van der Waals surface area contributed by atoms with Crippen molar-refractivity contribution in [2.75, 3.05) is 27.3 Å². The molecule has 5 heteroatoms. The van der Waals surface area contributed by atoms with Gasteiger partial charge in [0, 0.05) is 19.2 Å². The molecule has 0 aliphatic heterocycles. The average molecular weight is 285 g/mol. The van der Waals surface area contributed by atoms with Gasteiger partial charge in [-0.3, -0.25) is 9.69 Å². The van der Waals surface area contributed by atoms with E-state index in [2.05, 4.69) is 31.1 Å². The molecule has 3 atom stereocenters. The number of nitrogens with two attached hydrogens (primary N) is 1. The van der Waals surface area contributed by atoms with E-state index in [1.807, 2.05) is 0 Å². The molecule has 1 fully saturated rings. The van der Waals surface area contributed by atoms with Crippen molar-refractivity contribution in [3.63, 3.8) is 0 Å². The predicted molar refractivity (Wildman–Crippen MR) is 81.6 cm³/mol. The van der Waals surface area contributed by atoms with Gasteiger partial charge in [0.05, 0.1) is 12.1 Å². The summed E-state index contributed by atoms with van der Waals surface area (Å²) in [4.78, 5) is 14.3.